The van der Waals surface area contributed by atoms with Gasteiger partial charge in [-0.3, -0.25) is 9.69 Å². The zero-order chi connectivity index (χ0) is 24.5. The van der Waals surface area contributed by atoms with E-state index in [1.54, 1.807) is 22.4 Å². The Morgan fingerprint density at radius 2 is 1.86 bits per heavy atom. The quantitative estimate of drug-likeness (QED) is 0.546. The van der Waals surface area contributed by atoms with Gasteiger partial charge in [0.25, 0.3) is 5.91 Å². The summed E-state index contributed by atoms with van der Waals surface area (Å²) in [7, 11) is 0. The SMILES string of the molecule is Cc1nc(N)ncc1-c1nc(N2CCCCC2)nc2c(CN3CCN(C(=O)[C@@H](C)O)CC3)csc12. The van der Waals surface area contributed by atoms with E-state index in [9.17, 15) is 9.90 Å². The van der Waals surface area contributed by atoms with Gasteiger partial charge in [-0.15, -0.1) is 11.3 Å². The van der Waals surface area contributed by atoms with Crippen LogP contribution in [-0.4, -0.2) is 86.1 Å². The number of nitrogens with two attached hydrogens (primary N) is 1. The molecule has 11 heteroatoms. The van der Waals surface area contributed by atoms with Crippen molar-refractivity contribution in [2.75, 3.05) is 49.9 Å². The molecule has 10 nitrogen and oxygen atoms in total. The first-order valence-corrected chi connectivity index (χ1v) is 13.1. The van der Waals surface area contributed by atoms with Crippen molar-refractivity contribution in [3.8, 4) is 11.3 Å². The van der Waals surface area contributed by atoms with E-state index in [0.717, 1.165) is 84.2 Å². The Morgan fingerprint density at radius 1 is 1.11 bits per heavy atom. The third-order valence-electron chi connectivity index (χ3n) is 6.80. The van der Waals surface area contributed by atoms with Gasteiger partial charge < -0.3 is 20.6 Å². The monoisotopic (exact) mass is 496 g/mol. The second kappa shape index (κ2) is 10.00. The van der Waals surface area contributed by atoms with Crippen molar-refractivity contribution < 1.29 is 9.90 Å². The van der Waals surface area contributed by atoms with Crippen molar-refractivity contribution in [2.45, 2.75) is 45.8 Å². The summed E-state index contributed by atoms with van der Waals surface area (Å²) in [5, 5.41) is 11.8. The number of anilines is 2. The number of hydrogen-bond donors (Lipinski definition) is 2. The number of aromatic nitrogens is 4. The van der Waals surface area contributed by atoms with Gasteiger partial charge in [-0.2, -0.15) is 0 Å². The highest BCUT2D eigenvalue weighted by Crippen LogP contribution is 2.36. The number of nitrogen functional groups attached to an aromatic ring is 1. The number of rotatable bonds is 5. The fourth-order valence-corrected chi connectivity index (χ4v) is 5.83. The molecule has 2 saturated heterocycles. The van der Waals surface area contributed by atoms with E-state index >= 15 is 0 Å². The van der Waals surface area contributed by atoms with Crippen molar-refractivity contribution >= 4 is 39.4 Å². The normalized spacial score (nSPS) is 18.3. The van der Waals surface area contributed by atoms with Gasteiger partial charge >= 0.3 is 0 Å². The Morgan fingerprint density at radius 3 is 2.54 bits per heavy atom. The number of piperidine rings is 1. The second-order valence-electron chi connectivity index (χ2n) is 9.36. The first-order valence-electron chi connectivity index (χ1n) is 12.2. The minimum atomic E-state index is -0.952. The molecule has 3 N–H and O–H groups in total. The number of fused-ring (bicyclic) bond motifs is 1. The highest BCUT2D eigenvalue weighted by Gasteiger charge is 2.26. The Balaban J connectivity index is 1.47. The van der Waals surface area contributed by atoms with Gasteiger partial charge in [0, 0.05) is 63.1 Å². The van der Waals surface area contributed by atoms with Gasteiger partial charge in [-0.1, -0.05) is 0 Å². The van der Waals surface area contributed by atoms with Crippen LogP contribution in [0, 0.1) is 6.92 Å². The van der Waals surface area contributed by atoms with E-state index in [4.69, 9.17) is 15.7 Å². The predicted octanol–water partition coefficient (Wildman–Crippen LogP) is 2.05. The first kappa shape index (κ1) is 23.8. The number of aryl methyl sites for hydroxylation is 1. The molecule has 0 aromatic carbocycles. The first-order chi connectivity index (χ1) is 16.9. The summed E-state index contributed by atoms with van der Waals surface area (Å²) in [6.07, 6.45) is 4.34. The van der Waals surface area contributed by atoms with Crippen LogP contribution >= 0.6 is 11.3 Å². The van der Waals surface area contributed by atoms with E-state index in [-0.39, 0.29) is 11.9 Å². The van der Waals surface area contributed by atoms with E-state index in [2.05, 4.69) is 25.1 Å². The summed E-state index contributed by atoms with van der Waals surface area (Å²) in [6, 6.07) is 0. The Hall–Kier alpha value is -2.89. The molecule has 3 aromatic rings. The molecule has 186 valence electrons. The summed E-state index contributed by atoms with van der Waals surface area (Å²) in [6.45, 7) is 8.89. The molecule has 0 bridgehead atoms. The number of aliphatic hydroxyl groups excluding tert-OH is 1. The molecule has 5 rings (SSSR count). The lowest BCUT2D eigenvalue weighted by Crippen LogP contribution is -2.50. The second-order valence-corrected chi connectivity index (χ2v) is 10.2. The molecule has 0 saturated carbocycles. The lowest BCUT2D eigenvalue weighted by molar-refractivity contribution is -0.141. The molecular formula is C24H32N8O2S. The third kappa shape index (κ3) is 4.93. The van der Waals surface area contributed by atoms with Crippen LogP contribution in [0.25, 0.3) is 21.5 Å². The van der Waals surface area contributed by atoms with Crippen LogP contribution in [0.1, 0.15) is 37.4 Å². The van der Waals surface area contributed by atoms with Crippen LogP contribution < -0.4 is 10.6 Å². The predicted molar refractivity (Wildman–Crippen MR) is 137 cm³/mol. The zero-order valence-electron chi connectivity index (χ0n) is 20.3. The molecule has 0 radical (unpaired) electrons. The number of amides is 1. The molecule has 3 aromatic heterocycles. The van der Waals surface area contributed by atoms with Gasteiger partial charge in [-0.05, 0) is 38.5 Å². The van der Waals surface area contributed by atoms with Crippen molar-refractivity contribution in [1.29, 1.82) is 0 Å². The van der Waals surface area contributed by atoms with Gasteiger partial charge in [0.1, 0.15) is 6.10 Å². The van der Waals surface area contributed by atoms with Crippen LogP contribution in [0.2, 0.25) is 0 Å². The van der Waals surface area contributed by atoms with Crippen LogP contribution in [0.5, 0.6) is 0 Å². The number of carbonyl (C=O) groups excluding carboxylic acids is 1. The molecule has 0 aliphatic carbocycles. The maximum Gasteiger partial charge on any atom is 0.251 e. The Labute approximate surface area is 208 Å². The number of piperazine rings is 1. The zero-order valence-corrected chi connectivity index (χ0v) is 21.1. The minimum absolute atomic E-state index is 0.199. The van der Waals surface area contributed by atoms with Crippen LogP contribution in [0.3, 0.4) is 0 Å². The van der Waals surface area contributed by atoms with Crippen molar-refractivity contribution in [3.63, 3.8) is 0 Å². The lowest BCUT2D eigenvalue weighted by Gasteiger charge is -2.35. The van der Waals surface area contributed by atoms with E-state index in [0.29, 0.717) is 13.1 Å². The number of hydrogen-bond acceptors (Lipinski definition) is 10. The maximum absolute atomic E-state index is 12.1. The van der Waals surface area contributed by atoms with E-state index in [1.807, 2.05) is 6.92 Å². The molecule has 2 aliphatic rings. The topological polar surface area (TPSA) is 125 Å². The van der Waals surface area contributed by atoms with E-state index in [1.165, 1.54) is 13.3 Å². The Bertz CT molecular complexity index is 1220. The summed E-state index contributed by atoms with van der Waals surface area (Å²) in [5.41, 5.74) is 10.5. The molecule has 5 heterocycles. The fourth-order valence-electron chi connectivity index (χ4n) is 4.83. The molecule has 2 fully saturated rings. The van der Waals surface area contributed by atoms with Gasteiger partial charge in [0.2, 0.25) is 11.9 Å². The summed E-state index contributed by atoms with van der Waals surface area (Å²) in [4.78, 5) is 37.2. The number of carbonyl (C=O) groups is 1. The molecular weight excluding hydrogens is 464 g/mol. The maximum atomic E-state index is 12.1. The van der Waals surface area contributed by atoms with Crippen molar-refractivity contribution in [2.24, 2.45) is 0 Å². The van der Waals surface area contributed by atoms with Crippen molar-refractivity contribution in [1.82, 2.24) is 29.7 Å². The van der Waals surface area contributed by atoms with Gasteiger partial charge in [-0.25, -0.2) is 19.9 Å². The van der Waals surface area contributed by atoms with E-state index < -0.39 is 6.10 Å². The smallest absolute Gasteiger partial charge is 0.251 e. The third-order valence-corrected chi connectivity index (χ3v) is 7.83. The number of nitrogens with zero attached hydrogens (tertiary/aromatic N) is 7. The summed E-state index contributed by atoms with van der Waals surface area (Å²) >= 11 is 1.65. The van der Waals surface area contributed by atoms with Crippen molar-refractivity contribution in [3.05, 3.63) is 22.8 Å². The highest BCUT2D eigenvalue weighted by atomic mass is 32.1. The number of thiophene rings is 1. The lowest BCUT2D eigenvalue weighted by atomic mass is 10.1. The largest absolute Gasteiger partial charge is 0.384 e. The fraction of sp³-hybridized carbons (Fsp3) is 0.542. The molecule has 0 unspecified atom stereocenters. The standard InChI is InChI=1S/C24H32N8O2S/c1-15-18(12-26-23(25)27-15)20-21-19(28-24(29-20)32-6-4-3-5-7-32)17(14-35-21)13-30-8-10-31(11-9-30)22(34)16(2)33/h12,14,16,33H,3-11,13H2,1-2H3,(H2,25,26,27)/t16-/m1/s1. The molecule has 1 amide bonds. The van der Waals surface area contributed by atoms with Crippen LogP contribution in [0.15, 0.2) is 11.6 Å². The minimum Gasteiger partial charge on any atom is -0.384 e. The average molecular weight is 497 g/mol. The Kier molecular flexibility index (Phi) is 6.81. The van der Waals surface area contributed by atoms with Crippen LogP contribution in [-0.2, 0) is 11.3 Å². The molecule has 2 aliphatic heterocycles. The summed E-state index contributed by atoms with van der Waals surface area (Å²) < 4.78 is 1.03. The molecule has 0 spiro atoms. The summed E-state index contributed by atoms with van der Waals surface area (Å²) in [5.74, 6) is 0.818. The molecule has 35 heavy (non-hydrogen) atoms. The molecule has 1 atom stereocenters. The number of aliphatic hydroxyl groups is 1. The highest BCUT2D eigenvalue weighted by molar-refractivity contribution is 7.17. The van der Waals surface area contributed by atoms with Gasteiger partial charge in [0.15, 0.2) is 0 Å². The van der Waals surface area contributed by atoms with Crippen LogP contribution in [0.4, 0.5) is 11.9 Å². The average Bonchev–Trinajstić information content (AvgIpc) is 3.27. The van der Waals surface area contributed by atoms with Gasteiger partial charge in [0.05, 0.1) is 21.6 Å².